The second-order valence-electron chi connectivity index (χ2n) is 3.86. The molecule has 0 aliphatic carbocycles. The minimum absolute atomic E-state index is 0.327. The molecule has 2 N–H and O–H groups in total. The van der Waals surface area contributed by atoms with Crippen LogP contribution in [0.2, 0.25) is 10.0 Å². The zero-order valence-electron chi connectivity index (χ0n) is 9.90. The molecule has 19 heavy (non-hydrogen) atoms. The standard InChI is InChI=1S/C14H11Cl2NOS/c15-11-6-3-7-12(13(11)16)18-8-9-4-1-2-5-10(9)14(17)19/h1-7H,8H2,(H2,17,19). The van der Waals surface area contributed by atoms with E-state index in [-0.39, 0.29) is 0 Å². The van der Waals surface area contributed by atoms with Gasteiger partial charge in [0.05, 0.1) is 5.02 Å². The lowest BCUT2D eigenvalue weighted by Crippen LogP contribution is -2.13. The molecule has 0 spiro atoms. The van der Waals surface area contributed by atoms with E-state index in [0.717, 1.165) is 11.1 Å². The number of thiocarbonyl (C=S) groups is 1. The number of hydrogen-bond donors (Lipinski definition) is 1. The summed E-state index contributed by atoms with van der Waals surface area (Å²) in [5.74, 6) is 0.534. The Bertz CT molecular complexity index is 616. The third kappa shape index (κ3) is 3.38. The molecule has 0 saturated heterocycles. The van der Waals surface area contributed by atoms with Crippen LogP contribution in [0, 0.1) is 0 Å². The van der Waals surface area contributed by atoms with Crippen molar-refractivity contribution >= 4 is 40.4 Å². The van der Waals surface area contributed by atoms with Crippen molar-refractivity contribution in [2.75, 3.05) is 0 Å². The molecule has 0 atom stereocenters. The molecule has 0 fully saturated rings. The lowest BCUT2D eigenvalue weighted by molar-refractivity contribution is 0.306. The van der Waals surface area contributed by atoms with Crippen LogP contribution in [0.5, 0.6) is 5.75 Å². The Morgan fingerprint density at radius 3 is 2.58 bits per heavy atom. The van der Waals surface area contributed by atoms with Gasteiger partial charge in [-0.3, -0.25) is 0 Å². The van der Waals surface area contributed by atoms with Crippen molar-refractivity contribution in [2.45, 2.75) is 6.61 Å². The summed E-state index contributed by atoms with van der Waals surface area (Å²) in [5, 5.41) is 0.860. The smallest absolute Gasteiger partial charge is 0.139 e. The van der Waals surface area contributed by atoms with E-state index < -0.39 is 0 Å². The van der Waals surface area contributed by atoms with Crippen LogP contribution in [0.4, 0.5) is 0 Å². The van der Waals surface area contributed by atoms with Crippen LogP contribution in [0.3, 0.4) is 0 Å². The lowest BCUT2D eigenvalue weighted by Gasteiger charge is -2.11. The summed E-state index contributed by atoms with van der Waals surface area (Å²) in [6, 6.07) is 12.8. The highest BCUT2D eigenvalue weighted by atomic mass is 35.5. The molecule has 0 radical (unpaired) electrons. The van der Waals surface area contributed by atoms with Gasteiger partial charge in [-0.05, 0) is 17.7 Å². The van der Waals surface area contributed by atoms with Gasteiger partial charge in [0.2, 0.25) is 0 Å². The molecule has 2 nitrogen and oxygen atoms in total. The Kier molecular flexibility index (Phi) is 4.64. The van der Waals surface area contributed by atoms with Crippen molar-refractivity contribution in [2.24, 2.45) is 5.73 Å². The van der Waals surface area contributed by atoms with Crippen LogP contribution >= 0.6 is 35.4 Å². The van der Waals surface area contributed by atoms with E-state index >= 15 is 0 Å². The molecule has 98 valence electrons. The van der Waals surface area contributed by atoms with Gasteiger partial charge in [-0.1, -0.05) is 65.8 Å². The summed E-state index contributed by atoms with van der Waals surface area (Å²) in [4.78, 5) is 0.344. The molecule has 0 saturated carbocycles. The van der Waals surface area contributed by atoms with E-state index in [1.165, 1.54) is 0 Å². The fraction of sp³-hybridized carbons (Fsp3) is 0.0714. The van der Waals surface area contributed by atoms with E-state index in [4.69, 9.17) is 45.9 Å². The topological polar surface area (TPSA) is 35.2 Å². The van der Waals surface area contributed by atoms with Gasteiger partial charge in [0, 0.05) is 5.56 Å². The number of rotatable bonds is 4. The molecular formula is C14H11Cl2NOS. The minimum atomic E-state index is 0.327. The monoisotopic (exact) mass is 311 g/mol. The molecule has 0 bridgehead atoms. The van der Waals surface area contributed by atoms with Crippen molar-refractivity contribution in [3.8, 4) is 5.75 Å². The zero-order valence-corrected chi connectivity index (χ0v) is 12.2. The Hall–Kier alpha value is -1.29. The Morgan fingerprint density at radius 1 is 1.11 bits per heavy atom. The number of benzene rings is 2. The second kappa shape index (κ2) is 6.24. The Morgan fingerprint density at radius 2 is 1.84 bits per heavy atom. The normalized spacial score (nSPS) is 10.2. The molecule has 2 aromatic carbocycles. The highest BCUT2D eigenvalue weighted by molar-refractivity contribution is 7.80. The second-order valence-corrected chi connectivity index (χ2v) is 5.09. The van der Waals surface area contributed by atoms with Crippen LogP contribution in [-0.2, 0) is 6.61 Å². The van der Waals surface area contributed by atoms with Gasteiger partial charge in [-0.25, -0.2) is 0 Å². The molecule has 0 aliphatic rings. The summed E-state index contributed by atoms with van der Waals surface area (Å²) in [6.45, 7) is 0.327. The zero-order chi connectivity index (χ0) is 13.8. The maximum Gasteiger partial charge on any atom is 0.139 e. The summed E-state index contributed by atoms with van der Waals surface area (Å²) in [7, 11) is 0. The third-order valence-electron chi connectivity index (χ3n) is 2.58. The molecule has 2 rings (SSSR count). The first-order chi connectivity index (χ1) is 9.09. The fourth-order valence-corrected chi connectivity index (χ4v) is 2.18. The molecule has 0 aliphatic heterocycles. The predicted molar refractivity (Wildman–Crippen MR) is 83.1 cm³/mol. The number of nitrogens with two attached hydrogens (primary N) is 1. The van der Waals surface area contributed by atoms with Gasteiger partial charge in [-0.15, -0.1) is 0 Å². The molecule has 0 heterocycles. The van der Waals surface area contributed by atoms with Crippen molar-refractivity contribution in [3.05, 3.63) is 63.6 Å². The van der Waals surface area contributed by atoms with Crippen LogP contribution in [0.15, 0.2) is 42.5 Å². The van der Waals surface area contributed by atoms with Crippen LogP contribution in [0.25, 0.3) is 0 Å². The first-order valence-electron chi connectivity index (χ1n) is 5.54. The van der Waals surface area contributed by atoms with Crippen molar-refractivity contribution in [1.29, 1.82) is 0 Å². The fourth-order valence-electron chi connectivity index (χ4n) is 1.64. The van der Waals surface area contributed by atoms with Gasteiger partial charge in [0.25, 0.3) is 0 Å². The molecule has 5 heteroatoms. The van der Waals surface area contributed by atoms with Gasteiger partial charge in [0.15, 0.2) is 0 Å². The summed E-state index contributed by atoms with van der Waals surface area (Å²) in [5.41, 5.74) is 7.38. The van der Waals surface area contributed by atoms with Gasteiger partial charge >= 0.3 is 0 Å². The average molecular weight is 312 g/mol. The minimum Gasteiger partial charge on any atom is -0.487 e. The summed E-state index contributed by atoms with van der Waals surface area (Å²) < 4.78 is 5.66. The lowest BCUT2D eigenvalue weighted by atomic mass is 10.1. The van der Waals surface area contributed by atoms with Gasteiger partial charge in [0.1, 0.15) is 22.4 Å². The average Bonchev–Trinajstić information content (AvgIpc) is 2.40. The van der Waals surface area contributed by atoms with Crippen molar-refractivity contribution in [1.82, 2.24) is 0 Å². The first-order valence-corrected chi connectivity index (χ1v) is 6.70. The van der Waals surface area contributed by atoms with E-state index in [2.05, 4.69) is 0 Å². The van der Waals surface area contributed by atoms with Gasteiger partial charge in [-0.2, -0.15) is 0 Å². The maximum atomic E-state index is 6.05. The highest BCUT2D eigenvalue weighted by Crippen LogP contribution is 2.32. The molecule has 2 aromatic rings. The molecule has 0 unspecified atom stereocenters. The number of halogens is 2. The van der Waals surface area contributed by atoms with Crippen LogP contribution < -0.4 is 10.5 Å². The summed E-state index contributed by atoms with van der Waals surface area (Å²) in [6.07, 6.45) is 0. The molecule has 0 aromatic heterocycles. The Balaban J connectivity index is 2.19. The Labute approximate surface area is 127 Å². The van der Waals surface area contributed by atoms with Crippen molar-refractivity contribution in [3.63, 3.8) is 0 Å². The first kappa shape index (κ1) is 14.1. The molecular weight excluding hydrogens is 301 g/mol. The van der Waals surface area contributed by atoms with Crippen molar-refractivity contribution < 1.29 is 4.74 Å². The van der Waals surface area contributed by atoms with E-state index in [9.17, 15) is 0 Å². The largest absolute Gasteiger partial charge is 0.487 e. The molecule has 0 amide bonds. The SMILES string of the molecule is NC(=S)c1ccccc1COc1cccc(Cl)c1Cl. The quantitative estimate of drug-likeness (QED) is 0.859. The third-order valence-corrected chi connectivity index (χ3v) is 3.60. The van der Waals surface area contributed by atoms with Crippen LogP contribution in [-0.4, -0.2) is 4.99 Å². The number of hydrogen-bond acceptors (Lipinski definition) is 2. The van der Waals surface area contributed by atoms with E-state index in [1.807, 2.05) is 24.3 Å². The van der Waals surface area contributed by atoms with E-state index in [1.54, 1.807) is 18.2 Å². The van der Waals surface area contributed by atoms with E-state index in [0.29, 0.717) is 27.4 Å². The highest BCUT2D eigenvalue weighted by Gasteiger charge is 2.08. The van der Waals surface area contributed by atoms with Crippen LogP contribution in [0.1, 0.15) is 11.1 Å². The van der Waals surface area contributed by atoms with Gasteiger partial charge < -0.3 is 10.5 Å². The predicted octanol–water partition coefficient (Wildman–Crippen LogP) is 4.21. The maximum absolute atomic E-state index is 6.05. The number of ether oxygens (including phenoxy) is 1. The summed E-state index contributed by atoms with van der Waals surface area (Å²) >= 11 is 17.0.